The second-order valence-electron chi connectivity index (χ2n) is 6.36. The van der Waals surface area contributed by atoms with Crippen LogP contribution in [0.1, 0.15) is 31.4 Å². The molecule has 2 aromatic carbocycles. The second-order valence-corrected chi connectivity index (χ2v) is 7.42. The molecule has 29 heavy (non-hydrogen) atoms. The van der Waals surface area contributed by atoms with E-state index in [-0.39, 0.29) is 23.6 Å². The highest BCUT2D eigenvalue weighted by molar-refractivity contribution is 7.21. The van der Waals surface area contributed by atoms with Crippen molar-refractivity contribution in [3.63, 3.8) is 0 Å². The summed E-state index contributed by atoms with van der Waals surface area (Å²) >= 11 is 1.36. The normalized spacial score (nSPS) is 11.0. The topological polar surface area (TPSA) is 98.4 Å². The molecule has 146 valence electrons. The van der Waals surface area contributed by atoms with E-state index in [9.17, 15) is 14.4 Å². The molecule has 0 unspecified atom stereocenters. The number of H-pyrrole nitrogens is 1. The standard InChI is InChI=1S/C21H16N2O5S/c1-11-13-5-3-4-6-16(13)29-18(11)21(26)28-10-17-22-15-9-12(20(25)27-2)7-8-14(15)19(24)23-17/h3-9H,10H2,1-2H3,(H,22,23,24). The molecule has 0 amide bonds. The van der Waals surface area contributed by atoms with Crippen LogP contribution < -0.4 is 5.56 Å². The molecule has 0 aliphatic heterocycles. The Kier molecular flexibility index (Phi) is 4.85. The summed E-state index contributed by atoms with van der Waals surface area (Å²) in [5.41, 5.74) is 1.08. The number of carbonyl (C=O) groups excluding carboxylic acids is 2. The Bertz CT molecular complexity index is 1320. The third-order valence-electron chi connectivity index (χ3n) is 4.55. The average Bonchev–Trinajstić information content (AvgIpc) is 3.08. The number of nitrogens with one attached hydrogen (secondary N) is 1. The van der Waals surface area contributed by atoms with Crippen LogP contribution in [0.5, 0.6) is 0 Å². The van der Waals surface area contributed by atoms with Crippen LogP contribution in [0.25, 0.3) is 21.0 Å². The third kappa shape index (κ3) is 3.50. The molecule has 0 spiro atoms. The van der Waals surface area contributed by atoms with E-state index in [2.05, 4.69) is 14.7 Å². The fraction of sp³-hybridized carbons (Fsp3) is 0.143. The van der Waals surface area contributed by atoms with Gasteiger partial charge in [0.1, 0.15) is 17.3 Å². The molecule has 0 bridgehead atoms. The molecule has 0 atom stereocenters. The quantitative estimate of drug-likeness (QED) is 0.518. The van der Waals surface area contributed by atoms with Gasteiger partial charge in [0.2, 0.25) is 0 Å². The van der Waals surface area contributed by atoms with Crippen molar-refractivity contribution in [2.24, 2.45) is 0 Å². The zero-order valence-corrected chi connectivity index (χ0v) is 16.5. The van der Waals surface area contributed by atoms with Crippen LogP contribution in [-0.2, 0) is 16.1 Å². The predicted octanol–water partition coefficient (Wildman–Crippen LogP) is 3.59. The molecule has 0 radical (unpaired) electrons. The van der Waals surface area contributed by atoms with Crippen molar-refractivity contribution in [3.05, 3.63) is 74.6 Å². The van der Waals surface area contributed by atoms with Gasteiger partial charge in [-0.3, -0.25) is 4.79 Å². The van der Waals surface area contributed by atoms with Crippen LogP contribution in [0, 0.1) is 6.92 Å². The fourth-order valence-electron chi connectivity index (χ4n) is 3.07. The Morgan fingerprint density at radius 3 is 2.66 bits per heavy atom. The first-order valence-corrected chi connectivity index (χ1v) is 9.56. The lowest BCUT2D eigenvalue weighted by Gasteiger charge is -2.06. The first-order chi connectivity index (χ1) is 14.0. The van der Waals surface area contributed by atoms with Gasteiger partial charge in [-0.15, -0.1) is 11.3 Å². The number of aromatic nitrogens is 2. The summed E-state index contributed by atoms with van der Waals surface area (Å²) < 4.78 is 11.1. The molecule has 4 aromatic rings. The van der Waals surface area contributed by atoms with E-state index in [0.717, 1.165) is 15.6 Å². The maximum absolute atomic E-state index is 12.5. The van der Waals surface area contributed by atoms with E-state index in [1.807, 2.05) is 31.2 Å². The van der Waals surface area contributed by atoms with Gasteiger partial charge < -0.3 is 14.5 Å². The lowest BCUT2D eigenvalue weighted by Crippen LogP contribution is -2.15. The Labute approximate surface area is 168 Å². The Morgan fingerprint density at radius 2 is 1.90 bits per heavy atom. The minimum atomic E-state index is -0.526. The summed E-state index contributed by atoms with van der Waals surface area (Å²) in [6.45, 7) is 1.68. The lowest BCUT2D eigenvalue weighted by molar-refractivity contribution is 0.0467. The van der Waals surface area contributed by atoms with E-state index in [4.69, 9.17) is 4.74 Å². The van der Waals surface area contributed by atoms with Gasteiger partial charge in [0.25, 0.3) is 5.56 Å². The molecule has 0 saturated heterocycles. The third-order valence-corrected chi connectivity index (χ3v) is 5.80. The number of aromatic amines is 1. The van der Waals surface area contributed by atoms with E-state index in [1.54, 1.807) is 0 Å². The molecule has 0 aliphatic carbocycles. The molecule has 4 rings (SSSR count). The number of esters is 2. The Morgan fingerprint density at radius 1 is 1.10 bits per heavy atom. The monoisotopic (exact) mass is 408 g/mol. The maximum Gasteiger partial charge on any atom is 0.349 e. The van der Waals surface area contributed by atoms with Crippen molar-refractivity contribution in [2.75, 3.05) is 7.11 Å². The van der Waals surface area contributed by atoms with Gasteiger partial charge in [-0.05, 0) is 42.1 Å². The zero-order valence-electron chi connectivity index (χ0n) is 15.6. The van der Waals surface area contributed by atoms with Crippen LogP contribution in [-0.4, -0.2) is 29.0 Å². The minimum absolute atomic E-state index is 0.191. The minimum Gasteiger partial charge on any atom is -0.465 e. The summed E-state index contributed by atoms with van der Waals surface area (Å²) in [6, 6.07) is 12.2. The molecule has 2 aromatic heterocycles. The van der Waals surface area contributed by atoms with Crippen LogP contribution >= 0.6 is 11.3 Å². The summed E-state index contributed by atoms with van der Waals surface area (Å²) in [7, 11) is 1.28. The van der Waals surface area contributed by atoms with Crippen LogP contribution in [0.3, 0.4) is 0 Å². The highest BCUT2D eigenvalue weighted by atomic mass is 32.1. The highest BCUT2D eigenvalue weighted by Gasteiger charge is 2.17. The molecule has 1 N–H and O–H groups in total. The summed E-state index contributed by atoms with van der Waals surface area (Å²) in [5, 5.41) is 1.34. The smallest absolute Gasteiger partial charge is 0.349 e. The van der Waals surface area contributed by atoms with Crippen molar-refractivity contribution < 1.29 is 19.1 Å². The molecule has 0 aliphatic rings. The Balaban J connectivity index is 1.60. The second kappa shape index (κ2) is 7.48. The number of hydrogen-bond acceptors (Lipinski definition) is 7. The largest absolute Gasteiger partial charge is 0.465 e. The number of thiophene rings is 1. The molecular weight excluding hydrogens is 392 g/mol. The number of hydrogen-bond donors (Lipinski definition) is 1. The lowest BCUT2D eigenvalue weighted by atomic mass is 10.1. The van der Waals surface area contributed by atoms with E-state index >= 15 is 0 Å². The van der Waals surface area contributed by atoms with Crippen molar-refractivity contribution in [3.8, 4) is 0 Å². The van der Waals surface area contributed by atoms with Gasteiger partial charge in [-0.25, -0.2) is 14.6 Å². The van der Waals surface area contributed by atoms with Gasteiger partial charge in [-0.1, -0.05) is 18.2 Å². The van der Waals surface area contributed by atoms with Gasteiger partial charge >= 0.3 is 11.9 Å². The van der Waals surface area contributed by atoms with Crippen molar-refractivity contribution in [1.82, 2.24) is 9.97 Å². The molecule has 0 fully saturated rings. The molecule has 8 heteroatoms. The van der Waals surface area contributed by atoms with Crippen LogP contribution in [0.4, 0.5) is 0 Å². The molecule has 2 heterocycles. The molecule has 0 saturated carbocycles. The van der Waals surface area contributed by atoms with Crippen LogP contribution in [0.15, 0.2) is 47.3 Å². The number of nitrogens with zero attached hydrogens (tertiary/aromatic N) is 1. The first-order valence-electron chi connectivity index (χ1n) is 8.74. The van der Waals surface area contributed by atoms with E-state index in [1.165, 1.54) is 36.6 Å². The predicted molar refractivity (Wildman–Crippen MR) is 109 cm³/mol. The summed E-state index contributed by atoms with van der Waals surface area (Å²) in [4.78, 5) is 44.0. The zero-order chi connectivity index (χ0) is 20.5. The maximum atomic E-state index is 12.5. The van der Waals surface area contributed by atoms with Gasteiger partial charge in [0.15, 0.2) is 0 Å². The van der Waals surface area contributed by atoms with Crippen molar-refractivity contribution >= 4 is 44.3 Å². The van der Waals surface area contributed by atoms with Crippen molar-refractivity contribution in [1.29, 1.82) is 0 Å². The number of benzene rings is 2. The fourth-order valence-corrected chi connectivity index (χ4v) is 4.17. The average molecular weight is 408 g/mol. The SMILES string of the molecule is COC(=O)c1ccc2c(=O)[nH]c(COC(=O)c3sc4ccccc4c3C)nc2c1. The van der Waals surface area contributed by atoms with E-state index < -0.39 is 11.9 Å². The Hall–Kier alpha value is -3.52. The number of rotatable bonds is 4. The number of ether oxygens (including phenoxy) is 2. The number of aryl methyl sites for hydroxylation is 1. The van der Waals surface area contributed by atoms with Gasteiger partial charge in [0.05, 0.1) is 23.6 Å². The molecule has 7 nitrogen and oxygen atoms in total. The number of methoxy groups -OCH3 is 1. The summed E-state index contributed by atoms with van der Waals surface area (Å²) in [6.07, 6.45) is 0. The molecular formula is C21H16N2O5S. The number of carbonyl (C=O) groups is 2. The summed E-state index contributed by atoms with van der Waals surface area (Å²) in [5.74, 6) is -0.811. The van der Waals surface area contributed by atoms with E-state index in [0.29, 0.717) is 15.8 Å². The number of fused-ring (bicyclic) bond motifs is 2. The van der Waals surface area contributed by atoms with Crippen molar-refractivity contribution in [2.45, 2.75) is 13.5 Å². The highest BCUT2D eigenvalue weighted by Crippen LogP contribution is 2.31. The first kappa shape index (κ1) is 18.8. The van der Waals surface area contributed by atoms with Gasteiger partial charge in [-0.2, -0.15) is 0 Å². The van der Waals surface area contributed by atoms with Crippen LogP contribution in [0.2, 0.25) is 0 Å². The van der Waals surface area contributed by atoms with Gasteiger partial charge in [0, 0.05) is 4.70 Å².